The normalized spacial score (nSPS) is 17.8. The van der Waals surface area contributed by atoms with Crippen molar-refractivity contribution in [2.24, 2.45) is 16.9 Å². The summed E-state index contributed by atoms with van der Waals surface area (Å²) < 4.78 is 13.1. The zero-order chi connectivity index (χ0) is 16.7. The molecule has 0 bridgehead atoms. The lowest BCUT2D eigenvalue weighted by molar-refractivity contribution is -0.122. The van der Waals surface area contributed by atoms with Crippen LogP contribution >= 0.6 is 0 Å². The second-order valence-corrected chi connectivity index (χ2v) is 6.00. The average Bonchev–Trinajstić information content (AvgIpc) is 2.89. The third kappa shape index (κ3) is 5.81. The van der Waals surface area contributed by atoms with Gasteiger partial charge in [-0.05, 0) is 42.9 Å². The van der Waals surface area contributed by atoms with Gasteiger partial charge in [0, 0.05) is 19.2 Å². The highest BCUT2D eigenvalue weighted by Gasteiger charge is 2.19. The van der Waals surface area contributed by atoms with Crippen molar-refractivity contribution < 1.29 is 14.0 Å². The van der Waals surface area contributed by atoms with E-state index in [-0.39, 0.29) is 29.5 Å². The highest BCUT2D eigenvalue weighted by molar-refractivity contribution is 5.97. The van der Waals surface area contributed by atoms with Gasteiger partial charge in [0.2, 0.25) is 11.8 Å². The summed E-state index contributed by atoms with van der Waals surface area (Å²) in [5.41, 5.74) is 3.29. The van der Waals surface area contributed by atoms with Crippen molar-refractivity contribution in [3.63, 3.8) is 0 Å². The molecule has 23 heavy (non-hydrogen) atoms. The van der Waals surface area contributed by atoms with Crippen LogP contribution in [0.5, 0.6) is 0 Å². The van der Waals surface area contributed by atoms with Gasteiger partial charge in [-0.25, -0.2) is 9.82 Å². The molecule has 1 aliphatic rings. The van der Waals surface area contributed by atoms with E-state index in [1.165, 1.54) is 12.1 Å². The summed E-state index contributed by atoms with van der Waals surface area (Å²) in [5.74, 6) is -0.388. The first-order valence-corrected chi connectivity index (χ1v) is 7.89. The predicted octanol–water partition coefficient (Wildman–Crippen LogP) is 2.02. The van der Waals surface area contributed by atoms with E-state index in [0.717, 1.165) is 12.0 Å². The summed E-state index contributed by atoms with van der Waals surface area (Å²) in [6.45, 7) is 2.52. The number of hydrogen-bond donors (Lipinski definition) is 2. The number of carbonyl (C=O) groups is 2. The molecule has 2 unspecified atom stereocenters. The van der Waals surface area contributed by atoms with Crippen LogP contribution in [0.1, 0.15) is 31.7 Å². The molecule has 2 amide bonds. The lowest BCUT2D eigenvalue weighted by Crippen LogP contribution is -2.27. The molecular weight excluding hydrogens is 297 g/mol. The van der Waals surface area contributed by atoms with Crippen LogP contribution in [0.15, 0.2) is 29.4 Å². The fourth-order valence-corrected chi connectivity index (χ4v) is 2.62. The van der Waals surface area contributed by atoms with Gasteiger partial charge in [0.15, 0.2) is 0 Å². The first kappa shape index (κ1) is 17.1. The minimum absolute atomic E-state index is 0.0153. The number of amides is 2. The van der Waals surface area contributed by atoms with Gasteiger partial charge in [-0.1, -0.05) is 19.1 Å². The summed E-state index contributed by atoms with van der Waals surface area (Å²) in [5, 5.41) is 6.57. The lowest BCUT2D eigenvalue weighted by Gasteiger charge is -2.12. The van der Waals surface area contributed by atoms with Crippen LogP contribution in [0.3, 0.4) is 0 Å². The maximum atomic E-state index is 13.1. The fraction of sp³-hybridized carbons (Fsp3) is 0.471. The molecule has 1 aliphatic heterocycles. The van der Waals surface area contributed by atoms with Crippen molar-refractivity contribution in [2.75, 3.05) is 6.54 Å². The Labute approximate surface area is 135 Å². The smallest absolute Gasteiger partial charge is 0.248 e. The van der Waals surface area contributed by atoms with E-state index < -0.39 is 0 Å². The number of halogens is 1. The van der Waals surface area contributed by atoms with Crippen molar-refractivity contribution in [3.8, 4) is 0 Å². The average molecular weight is 319 g/mol. The second kappa shape index (κ2) is 8.41. The van der Waals surface area contributed by atoms with Crippen molar-refractivity contribution in [2.45, 2.75) is 32.6 Å². The van der Waals surface area contributed by atoms with E-state index in [1.54, 1.807) is 12.3 Å². The van der Waals surface area contributed by atoms with Crippen LogP contribution < -0.4 is 10.7 Å². The Kier molecular flexibility index (Phi) is 6.26. The van der Waals surface area contributed by atoms with Crippen molar-refractivity contribution in [1.29, 1.82) is 0 Å². The van der Waals surface area contributed by atoms with Gasteiger partial charge in [-0.3, -0.25) is 9.59 Å². The summed E-state index contributed by atoms with van der Waals surface area (Å²) >= 11 is 0. The van der Waals surface area contributed by atoms with Gasteiger partial charge in [0.05, 0.1) is 5.92 Å². The molecule has 6 heteroatoms. The Morgan fingerprint density at radius 3 is 3.00 bits per heavy atom. The minimum Gasteiger partial charge on any atom is -0.356 e. The van der Waals surface area contributed by atoms with Crippen LogP contribution in [-0.4, -0.2) is 24.6 Å². The van der Waals surface area contributed by atoms with E-state index in [9.17, 15) is 14.0 Å². The molecular formula is C17H22FN3O2. The van der Waals surface area contributed by atoms with Gasteiger partial charge in [-0.15, -0.1) is 0 Å². The van der Waals surface area contributed by atoms with E-state index >= 15 is 0 Å². The molecule has 1 heterocycles. The zero-order valence-electron chi connectivity index (χ0n) is 13.2. The monoisotopic (exact) mass is 319 g/mol. The number of nitrogens with zero attached hydrogens (tertiary/aromatic N) is 1. The fourth-order valence-electron chi connectivity index (χ4n) is 2.62. The van der Waals surface area contributed by atoms with E-state index in [4.69, 9.17) is 0 Å². The third-order valence-electron chi connectivity index (χ3n) is 3.79. The van der Waals surface area contributed by atoms with Crippen LogP contribution in [0.25, 0.3) is 0 Å². The summed E-state index contributed by atoms with van der Waals surface area (Å²) in [6.07, 6.45) is 4.08. The van der Waals surface area contributed by atoms with Crippen molar-refractivity contribution in [1.82, 2.24) is 10.7 Å². The third-order valence-corrected chi connectivity index (χ3v) is 3.79. The summed E-state index contributed by atoms with van der Waals surface area (Å²) in [6, 6.07) is 6.46. The first-order valence-electron chi connectivity index (χ1n) is 7.89. The Hall–Kier alpha value is -2.24. The van der Waals surface area contributed by atoms with E-state index in [1.807, 2.05) is 13.0 Å². The van der Waals surface area contributed by atoms with Crippen molar-refractivity contribution in [3.05, 3.63) is 35.6 Å². The van der Waals surface area contributed by atoms with E-state index in [2.05, 4.69) is 15.8 Å². The SMILES string of the molecule is CC(CC(=O)NCCCC1C=NNC1=O)Cc1cccc(F)c1. The zero-order valence-corrected chi connectivity index (χ0v) is 13.2. The number of hydrazone groups is 1. The molecule has 0 saturated heterocycles. The Bertz CT molecular complexity index is 589. The molecule has 0 spiro atoms. The molecule has 0 fully saturated rings. The number of hydrogen-bond acceptors (Lipinski definition) is 3. The topological polar surface area (TPSA) is 70.6 Å². The van der Waals surface area contributed by atoms with E-state index in [0.29, 0.717) is 25.8 Å². The Balaban J connectivity index is 1.62. The molecule has 2 N–H and O–H groups in total. The van der Waals surface area contributed by atoms with Crippen LogP contribution in [0.2, 0.25) is 0 Å². The highest BCUT2D eigenvalue weighted by atomic mass is 19.1. The standard InChI is InChI=1S/C17H22FN3O2/c1-12(8-13-4-2-6-15(18)10-13)9-16(22)19-7-3-5-14-11-20-21-17(14)23/h2,4,6,10-12,14H,3,5,7-9H2,1H3,(H,19,22)(H,21,23). The number of benzene rings is 1. The number of nitrogens with one attached hydrogen (secondary N) is 2. The predicted molar refractivity (Wildman–Crippen MR) is 86.3 cm³/mol. The minimum atomic E-state index is -0.251. The molecule has 0 radical (unpaired) electrons. The molecule has 2 rings (SSSR count). The van der Waals surface area contributed by atoms with Gasteiger partial charge >= 0.3 is 0 Å². The molecule has 2 atom stereocenters. The van der Waals surface area contributed by atoms with Gasteiger partial charge in [0.25, 0.3) is 0 Å². The number of rotatable bonds is 8. The molecule has 124 valence electrons. The Morgan fingerprint density at radius 1 is 1.48 bits per heavy atom. The molecule has 5 nitrogen and oxygen atoms in total. The van der Waals surface area contributed by atoms with Gasteiger partial charge < -0.3 is 5.32 Å². The molecule has 0 saturated carbocycles. The molecule has 1 aromatic carbocycles. The molecule has 1 aromatic rings. The lowest BCUT2D eigenvalue weighted by atomic mass is 9.97. The molecule has 0 aliphatic carbocycles. The summed E-state index contributed by atoms with van der Waals surface area (Å²) in [7, 11) is 0. The van der Waals surface area contributed by atoms with Crippen LogP contribution in [0, 0.1) is 17.7 Å². The maximum absolute atomic E-state index is 13.1. The highest BCUT2D eigenvalue weighted by Crippen LogP contribution is 2.13. The van der Waals surface area contributed by atoms with Gasteiger partial charge in [0.1, 0.15) is 5.82 Å². The van der Waals surface area contributed by atoms with Crippen molar-refractivity contribution >= 4 is 18.0 Å². The molecule has 0 aromatic heterocycles. The quantitative estimate of drug-likeness (QED) is 0.720. The van der Waals surface area contributed by atoms with Crippen LogP contribution in [0.4, 0.5) is 4.39 Å². The Morgan fingerprint density at radius 2 is 2.30 bits per heavy atom. The number of carbonyl (C=O) groups excluding carboxylic acids is 2. The second-order valence-electron chi connectivity index (χ2n) is 6.00. The largest absolute Gasteiger partial charge is 0.356 e. The maximum Gasteiger partial charge on any atom is 0.248 e. The summed E-state index contributed by atoms with van der Waals surface area (Å²) in [4.78, 5) is 23.2. The van der Waals surface area contributed by atoms with Gasteiger partial charge in [-0.2, -0.15) is 5.10 Å². The van der Waals surface area contributed by atoms with Crippen LogP contribution in [-0.2, 0) is 16.0 Å². The first-order chi connectivity index (χ1) is 11.0.